The molecule has 0 aliphatic heterocycles. The predicted molar refractivity (Wildman–Crippen MR) is 108 cm³/mol. The van der Waals surface area contributed by atoms with E-state index >= 15 is 0 Å². The lowest BCUT2D eigenvalue weighted by Gasteiger charge is -2.29. The fraction of sp³-hybridized carbons (Fsp3) is 0.458. The van der Waals surface area contributed by atoms with Crippen LogP contribution in [0.15, 0.2) is 42.5 Å². The summed E-state index contributed by atoms with van der Waals surface area (Å²) >= 11 is 0. The highest BCUT2D eigenvalue weighted by Crippen LogP contribution is 2.41. The van der Waals surface area contributed by atoms with Gasteiger partial charge < -0.3 is 4.74 Å². The van der Waals surface area contributed by atoms with Crippen molar-refractivity contribution in [1.29, 1.82) is 0 Å². The molecule has 0 spiro atoms. The molecule has 5 heteroatoms. The molecule has 29 heavy (non-hydrogen) atoms. The van der Waals surface area contributed by atoms with Crippen molar-refractivity contribution in [3.63, 3.8) is 0 Å². The Morgan fingerprint density at radius 2 is 1.83 bits per heavy atom. The van der Waals surface area contributed by atoms with Crippen molar-refractivity contribution in [2.75, 3.05) is 6.61 Å². The SMILES string of the molecule is CCOC(=O)Cc1ccc(C2CCCC(C)C2)c(-c2ccc(C(F)(F)F)cc2)c1. The summed E-state index contributed by atoms with van der Waals surface area (Å²) < 4.78 is 43.9. The Hall–Kier alpha value is -2.30. The van der Waals surface area contributed by atoms with Crippen LogP contribution in [0.1, 0.15) is 62.1 Å². The number of alkyl halides is 3. The van der Waals surface area contributed by atoms with E-state index in [1.54, 1.807) is 6.92 Å². The van der Waals surface area contributed by atoms with Gasteiger partial charge in [-0.1, -0.05) is 50.1 Å². The topological polar surface area (TPSA) is 26.3 Å². The van der Waals surface area contributed by atoms with Crippen molar-refractivity contribution in [1.82, 2.24) is 0 Å². The van der Waals surface area contributed by atoms with Gasteiger partial charge in [0.05, 0.1) is 18.6 Å². The molecule has 0 saturated heterocycles. The van der Waals surface area contributed by atoms with Crippen molar-refractivity contribution < 1.29 is 22.7 Å². The third-order valence-electron chi connectivity index (χ3n) is 5.67. The quantitative estimate of drug-likeness (QED) is 0.514. The molecule has 0 bridgehead atoms. The summed E-state index contributed by atoms with van der Waals surface area (Å²) in [7, 11) is 0. The maximum absolute atomic E-state index is 13.0. The lowest BCUT2D eigenvalue weighted by molar-refractivity contribution is -0.142. The van der Waals surface area contributed by atoms with Crippen molar-refractivity contribution in [2.45, 2.75) is 58.0 Å². The molecule has 2 atom stereocenters. The van der Waals surface area contributed by atoms with Gasteiger partial charge in [-0.15, -0.1) is 0 Å². The lowest BCUT2D eigenvalue weighted by atomic mass is 9.76. The van der Waals surface area contributed by atoms with Crippen LogP contribution in [0.2, 0.25) is 0 Å². The van der Waals surface area contributed by atoms with E-state index in [2.05, 4.69) is 6.92 Å². The van der Waals surface area contributed by atoms with Crippen LogP contribution in [0.4, 0.5) is 13.2 Å². The molecular weight excluding hydrogens is 377 g/mol. The minimum Gasteiger partial charge on any atom is -0.466 e. The second-order valence-electron chi connectivity index (χ2n) is 7.95. The molecule has 3 rings (SSSR count). The van der Waals surface area contributed by atoms with Crippen molar-refractivity contribution in [2.24, 2.45) is 5.92 Å². The zero-order valence-electron chi connectivity index (χ0n) is 16.9. The summed E-state index contributed by atoms with van der Waals surface area (Å²) in [4.78, 5) is 11.9. The van der Waals surface area contributed by atoms with Crippen LogP contribution in [0, 0.1) is 5.92 Å². The molecule has 2 unspecified atom stereocenters. The van der Waals surface area contributed by atoms with E-state index in [4.69, 9.17) is 4.74 Å². The van der Waals surface area contributed by atoms with Crippen LogP contribution in [0.3, 0.4) is 0 Å². The van der Waals surface area contributed by atoms with E-state index in [0.29, 0.717) is 18.4 Å². The molecule has 0 N–H and O–H groups in total. The van der Waals surface area contributed by atoms with E-state index in [-0.39, 0.29) is 12.4 Å². The zero-order valence-corrected chi connectivity index (χ0v) is 16.9. The number of esters is 1. The highest BCUT2D eigenvalue weighted by molar-refractivity contribution is 5.75. The average molecular weight is 404 g/mol. The van der Waals surface area contributed by atoms with Crippen molar-refractivity contribution in [3.05, 3.63) is 59.2 Å². The van der Waals surface area contributed by atoms with Gasteiger partial charge in [0.1, 0.15) is 0 Å². The highest BCUT2D eigenvalue weighted by atomic mass is 19.4. The molecule has 2 aromatic carbocycles. The maximum Gasteiger partial charge on any atom is 0.416 e. The first-order chi connectivity index (χ1) is 13.8. The Kier molecular flexibility index (Phi) is 6.66. The second-order valence-corrected chi connectivity index (χ2v) is 7.95. The van der Waals surface area contributed by atoms with Crippen LogP contribution in [-0.4, -0.2) is 12.6 Å². The first-order valence-electron chi connectivity index (χ1n) is 10.2. The summed E-state index contributed by atoms with van der Waals surface area (Å²) in [5.41, 5.74) is 2.98. The molecule has 1 saturated carbocycles. The number of ether oxygens (including phenoxy) is 1. The van der Waals surface area contributed by atoms with E-state index in [9.17, 15) is 18.0 Å². The Balaban J connectivity index is 1.99. The third-order valence-corrected chi connectivity index (χ3v) is 5.67. The summed E-state index contributed by atoms with van der Waals surface area (Å²) in [6.45, 7) is 4.33. The second kappa shape index (κ2) is 9.02. The molecule has 0 heterocycles. The van der Waals surface area contributed by atoms with Gasteiger partial charge in [-0.25, -0.2) is 0 Å². The van der Waals surface area contributed by atoms with Gasteiger partial charge in [-0.05, 0) is 66.0 Å². The molecule has 0 aromatic heterocycles. The van der Waals surface area contributed by atoms with E-state index in [0.717, 1.165) is 53.6 Å². The van der Waals surface area contributed by atoms with Crippen LogP contribution < -0.4 is 0 Å². The van der Waals surface area contributed by atoms with Gasteiger partial charge in [-0.3, -0.25) is 4.79 Å². The summed E-state index contributed by atoms with van der Waals surface area (Å²) in [5, 5.41) is 0. The minimum atomic E-state index is -4.36. The average Bonchev–Trinajstić information content (AvgIpc) is 2.67. The largest absolute Gasteiger partial charge is 0.466 e. The lowest BCUT2D eigenvalue weighted by Crippen LogP contribution is -2.13. The third kappa shape index (κ3) is 5.40. The van der Waals surface area contributed by atoms with E-state index < -0.39 is 11.7 Å². The molecular formula is C24H27F3O2. The van der Waals surface area contributed by atoms with Crippen LogP contribution in [-0.2, 0) is 22.1 Å². The first kappa shape index (κ1) is 21.4. The van der Waals surface area contributed by atoms with Gasteiger partial charge in [0, 0.05) is 0 Å². The van der Waals surface area contributed by atoms with Crippen molar-refractivity contribution >= 4 is 5.97 Å². The summed E-state index contributed by atoms with van der Waals surface area (Å²) in [6, 6.07) is 11.2. The van der Waals surface area contributed by atoms with Crippen LogP contribution in [0.25, 0.3) is 11.1 Å². The number of hydrogen-bond acceptors (Lipinski definition) is 2. The Bertz CT molecular complexity index is 840. The van der Waals surface area contributed by atoms with Crippen LogP contribution in [0.5, 0.6) is 0 Å². The van der Waals surface area contributed by atoms with E-state index in [1.807, 2.05) is 18.2 Å². The fourth-order valence-electron chi connectivity index (χ4n) is 4.25. The fourth-order valence-corrected chi connectivity index (χ4v) is 4.25. The standard InChI is InChI=1S/C24H27F3O2/c1-3-29-23(28)15-17-7-12-21(19-6-4-5-16(2)13-19)22(14-17)18-8-10-20(11-9-18)24(25,26)27/h7-12,14,16,19H,3-6,13,15H2,1-2H3. The van der Waals surface area contributed by atoms with E-state index in [1.165, 1.54) is 18.6 Å². The highest BCUT2D eigenvalue weighted by Gasteiger charge is 2.30. The first-order valence-corrected chi connectivity index (χ1v) is 10.2. The number of carbonyl (C=O) groups excluding carboxylic acids is 1. The minimum absolute atomic E-state index is 0.156. The Labute approximate surface area is 170 Å². The van der Waals surface area contributed by atoms with Gasteiger partial charge in [-0.2, -0.15) is 13.2 Å². The number of halogens is 3. The molecule has 1 aliphatic rings. The molecule has 1 fully saturated rings. The Morgan fingerprint density at radius 3 is 2.45 bits per heavy atom. The monoisotopic (exact) mass is 404 g/mol. The summed E-state index contributed by atoms with van der Waals surface area (Å²) in [5.74, 6) is 0.714. The predicted octanol–water partition coefficient (Wildman–Crippen LogP) is 6.77. The number of carbonyl (C=O) groups is 1. The number of rotatable bonds is 5. The van der Waals surface area contributed by atoms with Gasteiger partial charge in [0.25, 0.3) is 0 Å². The molecule has 2 nitrogen and oxygen atoms in total. The number of hydrogen-bond donors (Lipinski definition) is 0. The van der Waals surface area contributed by atoms with Crippen molar-refractivity contribution in [3.8, 4) is 11.1 Å². The number of benzene rings is 2. The molecule has 0 radical (unpaired) electrons. The van der Waals surface area contributed by atoms with Gasteiger partial charge in [0.15, 0.2) is 0 Å². The molecule has 1 aliphatic carbocycles. The zero-order chi connectivity index (χ0) is 21.0. The van der Waals surface area contributed by atoms with Gasteiger partial charge >= 0.3 is 12.1 Å². The molecule has 156 valence electrons. The molecule has 0 amide bonds. The van der Waals surface area contributed by atoms with Crippen LogP contribution >= 0.6 is 0 Å². The molecule has 2 aromatic rings. The Morgan fingerprint density at radius 1 is 1.10 bits per heavy atom. The smallest absolute Gasteiger partial charge is 0.416 e. The normalized spacial score (nSPS) is 19.8. The van der Waals surface area contributed by atoms with Gasteiger partial charge in [0.2, 0.25) is 0 Å². The summed E-state index contributed by atoms with van der Waals surface area (Å²) in [6.07, 6.45) is 0.324. The maximum atomic E-state index is 13.0.